The molecule has 0 unspecified atom stereocenters. The molecule has 2 fully saturated rings. The smallest absolute Gasteiger partial charge is 0.303 e. The molecule has 1 N–H and O–H groups in total. The minimum Gasteiger partial charge on any atom is -0.463 e. The molecule has 0 aliphatic carbocycles. The lowest BCUT2D eigenvalue weighted by Crippen LogP contribution is -2.65. The summed E-state index contributed by atoms with van der Waals surface area (Å²) in [6.07, 6.45) is -11.8. The Bertz CT molecular complexity index is 1190. The summed E-state index contributed by atoms with van der Waals surface area (Å²) in [7, 11) is -1.01. The van der Waals surface area contributed by atoms with Crippen LogP contribution >= 0.6 is 0 Å². The Hall–Kier alpha value is -3.16. The molecule has 9 atom stereocenters. The third kappa shape index (κ3) is 12.9. The first-order valence-corrected chi connectivity index (χ1v) is 18.8. The fourth-order valence-corrected chi connectivity index (χ4v) is 5.85. The van der Waals surface area contributed by atoms with Gasteiger partial charge < -0.3 is 52.4 Å². The van der Waals surface area contributed by atoms with E-state index in [-0.39, 0.29) is 18.1 Å². The summed E-state index contributed by atoms with van der Waals surface area (Å²) >= 11 is 0. The van der Waals surface area contributed by atoms with Crippen molar-refractivity contribution in [2.45, 2.75) is 135 Å². The fraction of sp³-hybridized carbons (Fsp3) is 0.806. The maximum absolute atomic E-state index is 12.4. The topological polar surface area (TPSA) is 207 Å². The molecule has 0 spiro atoms. The largest absolute Gasteiger partial charge is 0.463 e. The van der Waals surface area contributed by atoms with Crippen LogP contribution in [0.15, 0.2) is 0 Å². The van der Waals surface area contributed by atoms with E-state index in [4.69, 9.17) is 47.1 Å². The van der Waals surface area contributed by atoms with Crippen LogP contribution in [0.2, 0.25) is 18.1 Å². The molecular formula is C31H51NO16Si. The molecule has 0 aromatic rings. The van der Waals surface area contributed by atoms with Crippen molar-refractivity contribution in [3.8, 4) is 0 Å². The predicted octanol–water partition coefficient (Wildman–Crippen LogP) is 1.29. The number of ether oxygens (including phenoxy) is 9. The Balaban J connectivity index is 2.62. The summed E-state index contributed by atoms with van der Waals surface area (Å²) in [6, 6.07) is 0. The quantitative estimate of drug-likeness (QED) is 0.152. The monoisotopic (exact) mass is 721 g/mol. The van der Waals surface area contributed by atoms with Crippen LogP contribution in [0.1, 0.15) is 61.8 Å². The SMILES string of the molecule is CNC(=O)CO[C@H]1C[C@@H](OC(C)=O)[C@H](O[C@@H]2O[C@H](CO[Si](C)(C)C(C)(C)C)[C@H](OC(C)=O)[C@H](OC(C)=O)[C@H]2OC(C)=O)[C@@H](COC(C)=O)O1. The number of carbonyl (C=O) groups is 6. The van der Waals surface area contributed by atoms with E-state index in [0.29, 0.717) is 0 Å². The third-order valence-electron chi connectivity index (χ3n) is 8.13. The fourth-order valence-electron chi connectivity index (χ4n) is 4.84. The maximum atomic E-state index is 12.4. The number of amides is 1. The summed E-state index contributed by atoms with van der Waals surface area (Å²) in [4.78, 5) is 73.0. The molecule has 1 amide bonds. The molecule has 2 heterocycles. The third-order valence-corrected chi connectivity index (χ3v) is 12.6. The van der Waals surface area contributed by atoms with Crippen molar-refractivity contribution in [1.29, 1.82) is 0 Å². The van der Waals surface area contributed by atoms with Gasteiger partial charge in [-0.3, -0.25) is 28.8 Å². The summed E-state index contributed by atoms with van der Waals surface area (Å²) < 4.78 is 58.3. The molecule has 2 aliphatic rings. The second kappa shape index (κ2) is 18.2. The number of hydrogen-bond acceptors (Lipinski definition) is 16. The Morgan fingerprint density at radius 3 is 1.76 bits per heavy atom. The van der Waals surface area contributed by atoms with Crippen molar-refractivity contribution in [2.75, 3.05) is 26.9 Å². The standard InChI is InChI=1S/C31H51NO16Si/c1-16(33)39-13-22-26(21(42-17(2)34)12-25(46-22)40-15-24(38)32-9)48-30-29(45-20(5)37)28(44-19(4)36)27(43-18(3)35)23(47-30)14-41-49(10,11)31(6,7)8/h21-23,25-30H,12-15H2,1-11H3,(H,32,38)/t21-,22-,23-,25-,26+,27+,28+,29-,30+/m1/s1. The van der Waals surface area contributed by atoms with Crippen molar-refractivity contribution in [3.63, 3.8) is 0 Å². The molecule has 2 rings (SSSR count). The van der Waals surface area contributed by atoms with Crippen molar-refractivity contribution < 1.29 is 75.8 Å². The molecule has 0 radical (unpaired) electrons. The van der Waals surface area contributed by atoms with E-state index in [1.54, 1.807) is 0 Å². The van der Waals surface area contributed by atoms with Crippen molar-refractivity contribution in [3.05, 3.63) is 0 Å². The van der Waals surface area contributed by atoms with Gasteiger partial charge in [0.25, 0.3) is 0 Å². The first-order chi connectivity index (χ1) is 22.6. The molecule has 0 aromatic carbocycles. The van der Waals surface area contributed by atoms with E-state index >= 15 is 0 Å². The van der Waals surface area contributed by atoms with Crippen LogP contribution in [0.25, 0.3) is 0 Å². The van der Waals surface area contributed by atoms with Gasteiger partial charge in [0.2, 0.25) is 5.91 Å². The first-order valence-electron chi connectivity index (χ1n) is 15.9. The highest BCUT2D eigenvalue weighted by Gasteiger charge is 2.55. The van der Waals surface area contributed by atoms with Gasteiger partial charge in [0.1, 0.15) is 37.6 Å². The molecule has 49 heavy (non-hydrogen) atoms. The molecule has 280 valence electrons. The van der Waals surface area contributed by atoms with Gasteiger partial charge in [0.15, 0.2) is 39.2 Å². The van der Waals surface area contributed by atoms with Crippen molar-refractivity contribution >= 4 is 44.1 Å². The van der Waals surface area contributed by atoms with Crippen LogP contribution < -0.4 is 5.32 Å². The number of esters is 5. The van der Waals surface area contributed by atoms with Gasteiger partial charge in [0, 0.05) is 48.1 Å². The zero-order valence-electron chi connectivity index (χ0n) is 30.1. The lowest BCUT2D eigenvalue weighted by molar-refractivity contribution is -0.346. The molecular weight excluding hydrogens is 670 g/mol. The number of likely N-dealkylation sites (N-methyl/N-ethyl adjacent to an activating group) is 1. The normalized spacial score (nSPS) is 28.8. The minimum absolute atomic E-state index is 0.135. The van der Waals surface area contributed by atoms with E-state index < -0.39 is 113 Å². The minimum atomic E-state index is -2.43. The van der Waals surface area contributed by atoms with Crippen LogP contribution in [-0.4, -0.2) is 126 Å². The van der Waals surface area contributed by atoms with Gasteiger partial charge in [-0.1, -0.05) is 20.8 Å². The van der Waals surface area contributed by atoms with Gasteiger partial charge in [-0.25, -0.2) is 0 Å². The van der Waals surface area contributed by atoms with Gasteiger partial charge >= 0.3 is 29.8 Å². The predicted molar refractivity (Wildman–Crippen MR) is 169 cm³/mol. The molecule has 2 aliphatic heterocycles. The molecule has 17 nitrogen and oxygen atoms in total. The number of carbonyl (C=O) groups excluding carboxylic acids is 6. The van der Waals surface area contributed by atoms with Gasteiger partial charge in [-0.2, -0.15) is 0 Å². The lowest BCUT2D eigenvalue weighted by atomic mass is 9.97. The number of hydrogen-bond donors (Lipinski definition) is 1. The van der Waals surface area contributed by atoms with Crippen LogP contribution in [0, 0.1) is 0 Å². The summed E-state index contributed by atoms with van der Waals surface area (Å²) in [6.45, 7) is 14.9. The highest BCUT2D eigenvalue weighted by molar-refractivity contribution is 6.74. The molecule has 0 aromatic heterocycles. The van der Waals surface area contributed by atoms with Crippen LogP contribution in [0.4, 0.5) is 0 Å². The Labute approximate surface area is 287 Å². The summed E-state index contributed by atoms with van der Waals surface area (Å²) in [5.74, 6) is -4.14. The Kier molecular flexibility index (Phi) is 15.6. The lowest BCUT2D eigenvalue weighted by Gasteiger charge is -2.48. The first kappa shape index (κ1) is 42.0. The average Bonchev–Trinajstić information content (AvgIpc) is 2.96. The van der Waals surface area contributed by atoms with Crippen molar-refractivity contribution in [2.24, 2.45) is 0 Å². The van der Waals surface area contributed by atoms with Crippen LogP contribution in [0.3, 0.4) is 0 Å². The molecule has 0 saturated carbocycles. The average molecular weight is 722 g/mol. The molecule has 18 heteroatoms. The number of nitrogens with one attached hydrogen (secondary N) is 1. The highest BCUT2D eigenvalue weighted by atomic mass is 28.4. The van der Waals surface area contributed by atoms with E-state index in [1.807, 2.05) is 33.9 Å². The van der Waals surface area contributed by atoms with Crippen LogP contribution in [-0.2, 0) is 75.8 Å². The van der Waals surface area contributed by atoms with E-state index in [2.05, 4.69) is 5.32 Å². The van der Waals surface area contributed by atoms with Gasteiger partial charge in [0.05, 0.1) is 6.61 Å². The Morgan fingerprint density at radius 1 is 0.714 bits per heavy atom. The Morgan fingerprint density at radius 2 is 1.24 bits per heavy atom. The van der Waals surface area contributed by atoms with Crippen molar-refractivity contribution in [1.82, 2.24) is 5.32 Å². The summed E-state index contributed by atoms with van der Waals surface area (Å²) in [5, 5.41) is 2.19. The molecule has 2 saturated heterocycles. The summed E-state index contributed by atoms with van der Waals surface area (Å²) in [5.41, 5.74) is 0. The number of rotatable bonds is 14. The van der Waals surface area contributed by atoms with Crippen LogP contribution in [0.5, 0.6) is 0 Å². The molecule has 0 bridgehead atoms. The van der Waals surface area contributed by atoms with Gasteiger partial charge in [-0.05, 0) is 18.1 Å². The van der Waals surface area contributed by atoms with Gasteiger partial charge in [-0.15, -0.1) is 0 Å². The van der Waals surface area contributed by atoms with E-state index in [9.17, 15) is 28.8 Å². The zero-order chi connectivity index (χ0) is 37.3. The maximum Gasteiger partial charge on any atom is 0.303 e. The van der Waals surface area contributed by atoms with E-state index in [1.165, 1.54) is 20.9 Å². The van der Waals surface area contributed by atoms with E-state index in [0.717, 1.165) is 20.8 Å². The highest BCUT2D eigenvalue weighted by Crippen LogP contribution is 2.38. The zero-order valence-corrected chi connectivity index (χ0v) is 31.1. The second-order valence-electron chi connectivity index (χ2n) is 13.2. The second-order valence-corrected chi connectivity index (χ2v) is 18.0.